The molecule has 2 atom stereocenters. The Morgan fingerprint density at radius 1 is 1.19 bits per heavy atom. The predicted octanol–water partition coefficient (Wildman–Crippen LogP) is 3.19. The van der Waals surface area contributed by atoms with Gasteiger partial charge in [-0.25, -0.2) is 4.39 Å². The Balaban J connectivity index is 1.53. The Bertz CT molecular complexity index is 896. The maximum Gasteiger partial charge on any atom is 0.244 e. The van der Waals surface area contributed by atoms with Gasteiger partial charge in [0.15, 0.2) is 0 Å². The van der Waals surface area contributed by atoms with E-state index in [0.717, 1.165) is 11.3 Å². The molecule has 0 bridgehead atoms. The molecule has 1 saturated heterocycles. The Hall–Kier alpha value is -2.77. The molecule has 2 heterocycles. The topological polar surface area (TPSA) is 71.6 Å². The number of benzene rings is 2. The van der Waals surface area contributed by atoms with Crippen molar-refractivity contribution in [3.8, 4) is 17.1 Å². The van der Waals surface area contributed by atoms with Crippen LogP contribution in [0, 0.1) is 5.82 Å². The van der Waals surface area contributed by atoms with Gasteiger partial charge >= 0.3 is 0 Å². The number of hydrogen-bond acceptors (Lipinski definition) is 6. The van der Waals surface area contributed by atoms with Crippen molar-refractivity contribution in [2.45, 2.75) is 25.1 Å². The second kappa shape index (κ2) is 7.46. The minimum absolute atomic E-state index is 0.163. The summed E-state index contributed by atoms with van der Waals surface area (Å²) in [6.07, 6.45) is 0.0794. The maximum absolute atomic E-state index is 13.1. The lowest BCUT2D eigenvalue weighted by atomic mass is 10.1. The predicted molar refractivity (Wildman–Crippen MR) is 96.5 cm³/mol. The molecule has 140 valence electrons. The summed E-state index contributed by atoms with van der Waals surface area (Å²) in [4.78, 5) is 6.59. The number of aromatic nitrogens is 2. The van der Waals surface area contributed by atoms with E-state index >= 15 is 0 Å². The highest BCUT2D eigenvalue weighted by Gasteiger charge is 2.35. The Morgan fingerprint density at radius 3 is 2.63 bits per heavy atom. The molecule has 0 spiro atoms. The molecule has 6 nitrogen and oxygen atoms in total. The first-order valence-electron chi connectivity index (χ1n) is 8.77. The highest BCUT2D eigenvalue weighted by atomic mass is 19.1. The quantitative estimate of drug-likeness (QED) is 0.745. The van der Waals surface area contributed by atoms with Crippen LogP contribution in [0.3, 0.4) is 0 Å². The lowest BCUT2D eigenvalue weighted by Gasteiger charge is -2.21. The second-order valence-electron chi connectivity index (χ2n) is 6.65. The van der Waals surface area contributed by atoms with Gasteiger partial charge in [0.2, 0.25) is 11.7 Å². The molecule has 1 N–H and O–H groups in total. The van der Waals surface area contributed by atoms with E-state index in [1.165, 1.54) is 12.1 Å². The number of nitrogens with zero attached hydrogens (tertiary/aromatic N) is 3. The van der Waals surface area contributed by atoms with Gasteiger partial charge in [0.1, 0.15) is 11.6 Å². The Morgan fingerprint density at radius 2 is 1.93 bits per heavy atom. The van der Waals surface area contributed by atoms with Gasteiger partial charge in [-0.05, 0) is 48.4 Å². The van der Waals surface area contributed by atoms with Crippen LogP contribution in [0.15, 0.2) is 53.1 Å². The summed E-state index contributed by atoms with van der Waals surface area (Å²) < 4.78 is 23.7. The Kier molecular flexibility index (Phi) is 4.87. The van der Waals surface area contributed by atoms with E-state index < -0.39 is 6.10 Å². The molecule has 7 heteroatoms. The molecular weight excluding hydrogens is 349 g/mol. The molecule has 2 aromatic carbocycles. The van der Waals surface area contributed by atoms with Gasteiger partial charge in [-0.1, -0.05) is 17.3 Å². The first kappa shape index (κ1) is 17.6. The third-order valence-corrected chi connectivity index (χ3v) is 4.76. The van der Waals surface area contributed by atoms with E-state index in [1.807, 2.05) is 24.3 Å². The first-order valence-corrected chi connectivity index (χ1v) is 8.77. The van der Waals surface area contributed by atoms with Gasteiger partial charge in [-0.15, -0.1) is 0 Å². The SMILES string of the molecule is COc1ccc(CN2C[C@H](O)C[C@H]2c2nc(-c3ccc(F)cc3)no2)cc1. The highest BCUT2D eigenvalue weighted by Crippen LogP contribution is 2.33. The van der Waals surface area contributed by atoms with E-state index in [4.69, 9.17) is 9.26 Å². The summed E-state index contributed by atoms with van der Waals surface area (Å²) in [5.41, 5.74) is 1.79. The summed E-state index contributed by atoms with van der Waals surface area (Å²) in [7, 11) is 1.64. The summed E-state index contributed by atoms with van der Waals surface area (Å²) in [6.45, 7) is 1.19. The number of aliphatic hydroxyl groups excluding tert-OH is 1. The fourth-order valence-corrected chi connectivity index (χ4v) is 3.36. The minimum atomic E-state index is -0.450. The molecule has 0 saturated carbocycles. The number of aliphatic hydroxyl groups is 1. The number of rotatable bonds is 5. The van der Waals surface area contributed by atoms with E-state index in [9.17, 15) is 9.50 Å². The van der Waals surface area contributed by atoms with Crippen LogP contribution in [0.5, 0.6) is 5.75 Å². The van der Waals surface area contributed by atoms with Crippen LogP contribution in [-0.4, -0.2) is 39.9 Å². The molecule has 0 aliphatic carbocycles. The van der Waals surface area contributed by atoms with Crippen molar-refractivity contribution in [3.05, 3.63) is 65.8 Å². The normalized spacial score (nSPS) is 20.1. The van der Waals surface area contributed by atoms with Crippen molar-refractivity contribution in [1.29, 1.82) is 0 Å². The van der Waals surface area contributed by atoms with Crippen LogP contribution in [0.2, 0.25) is 0 Å². The number of hydrogen-bond donors (Lipinski definition) is 1. The van der Waals surface area contributed by atoms with Crippen LogP contribution >= 0.6 is 0 Å². The minimum Gasteiger partial charge on any atom is -0.497 e. The molecule has 27 heavy (non-hydrogen) atoms. The largest absolute Gasteiger partial charge is 0.497 e. The van der Waals surface area contributed by atoms with Crippen molar-refractivity contribution < 1.29 is 18.8 Å². The zero-order chi connectivity index (χ0) is 18.8. The molecule has 1 fully saturated rings. The molecule has 4 rings (SSSR count). The van der Waals surface area contributed by atoms with Crippen LogP contribution < -0.4 is 4.74 Å². The third kappa shape index (κ3) is 3.84. The molecule has 1 aromatic heterocycles. The van der Waals surface area contributed by atoms with E-state index in [0.29, 0.717) is 36.8 Å². The maximum atomic E-state index is 13.1. The van der Waals surface area contributed by atoms with Crippen LogP contribution in [-0.2, 0) is 6.54 Å². The highest BCUT2D eigenvalue weighted by molar-refractivity contribution is 5.53. The summed E-state index contributed by atoms with van der Waals surface area (Å²) in [6, 6.07) is 13.6. The first-order chi connectivity index (χ1) is 13.1. The average Bonchev–Trinajstić information content (AvgIpc) is 3.30. The van der Waals surface area contributed by atoms with Gasteiger partial charge in [0.25, 0.3) is 0 Å². The standard InChI is InChI=1S/C20H20FN3O3/c1-26-17-8-2-13(3-9-17)11-24-12-16(25)10-18(24)20-22-19(23-27-20)14-4-6-15(21)7-5-14/h2-9,16,18,25H,10-12H2,1H3/t16-,18+/m1/s1. The number of likely N-dealkylation sites (tertiary alicyclic amines) is 1. The second-order valence-corrected chi connectivity index (χ2v) is 6.65. The molecule has 1 aliphatic heterocycles. The fourth-order valence-electron chi connectivity index (χ4n) is 3.36. The summed E-state index contributed by atoms with van der Waals surface area (Å²) in [5.74, 6) is 1.36. The molecule has 0 amide bonds. The lowest BCUT2D eigenvalue weighted by molar-refractivity contribution is 0.169. The van der Waals surface area contributed by atoms with Crippen LogP contribution in [0.4, 0.5) is 4.39 Å². The summed E-state index contributed by atoms with van der Waals surface area (Å²) >= 11 is 0. The van der Waals surface area contributed by atoms with Crippen molar-refractivity contribution in [2.75, 3.05) is 13.7 Å². The van der Waals surface area contributed by atoms with Gasteiger partial charge < -0.3 is 14.4 Å². The fraction of sp³-hybridized carbons (Fsp3) is 0.300. The van der Waals surface area contributed by atoms with E-state index in [1.54, 1.807) is 19.2 Å². The van der Waals surface area contributed by atoms with Crippen molar-refractivity contribution in [1.82, 2.24) is 15.0 Å². The smallest absolute Gasteiger partial charge is 0.244 e. The zero-order valence-electron chi connectivity index (χ0n) is 14.9. The number of β-amino-alcohol motifs (C(OH)–C–C–N with tert-alkyl or cyclic N) is 1. The van der Waals surface area contributed by atoms with Gasteiger partial charge in [-0.2, -0.15) is 4.98 Å². The molecule has 1 aliphatic rings. The monoisotopic (exact) mass is 369 g/mol. The summed E-state index contributed by atoms with van der Waals surface area (Å²) in [5, 5.41) is 14.2. The molecule has 3 aromatic rings. The molecule has 0 radical (unpaired) electrons. The van der Waals surface area contributed by atoms with Gasteiger partial charge in [0, 0.05) is 18.7 Å². The number of halogens is 1. The zero-order valence-corrected chi connectivity index (χ0v) is 14.9. The van der Waals surface area contributed by atoms with Crippen LogP contribution in [0.25, 0.3) is 11.4 Å². The van der Waals surface area contributed by atoms with Crippen LogP contribution in [0.1, 0.15) is 23.9 Å². The molecular formula is C20H20FN3O3. The van der Waals surface area contributed by atoms with Crippen molar-refractivity contribution in [2.24, 2.45) is 0 Å². The van der Waals surface area contributed by atoms with Crippen molar-refractivity contribution in [3.63, 3.8) is 0 Å². The van der Waals surface area contributed by atoms with E-state index in [2.05, 4.69) is 15.0 Å². The lowest BCUT2D eigenvalue weighted by Crippen LogP contribution is -2.24. The average molecular weight is 369 g/mol. The van der Waals surface area contributed by atoms with E-state index in [-0.39, 0.29) is 11.9 Å². The third-order valence-electron chi connectivity index (χ3n) is 4.76. The van der Waals surface area contributed by atoms with Gasteiger partial charge in [0.05, 0.1) is 19.3 Å². The van der Waals surface area contributed by atoms with Crippen molar-refractivity contribution >= 4 is 0 Å². The molecule has 0 unspecified atom stereocenters. The number of ether oxygens (including phenoxy) is 1. The van der Waals surface area contributed by atoms with Gasteiger partial charge in [-0.3, -0.25) is 4.90 Å². The Labute approximate surface area is 156 Å². The number of methoxy groups -OCH3 is 1.